The number of piperazine rings is 1. The summed E-state index contributed by atoms with van der Waals surface area (Å²) < 4.78 is 0. The number of hydrogen-bond acceptors (Lipinski definition) is 4. The molecule has 1 aliphatic heterocycles. The van der Waals surface area contributed by atoms with Gasteiger partial charge in [0, 0.05) is 90.7 Å². The van der Waals surface area contributed by atoms with E-state index in [1.54, 1.807) is 0 Å². The minimum absolute atomic E-state index is 0. The molecule has 125 valence electrons. The van der Waals surface area contributed by atoms with E-state index in [-0.39, 0.29) is 50.3 Å². The fourth-order valence-electron chi connectivity index (χ4n) is 2.49. The summed E-state index contributed by atoms with van der Waals surface area (Å²) in [6, 6.07) is 0. The summed E-state index contributed by atoms with van der Waals surface area (Å²) in [6.07, 6.45) is 2.22. The Morgan fingerprint density at radius 2 is 1.36 bits per heavy atom. The fourth-order valence-corrected chi connectivity index (χ4v) is 2.49. The Labute approximate surface area is 161 Å². The van der Waals surface area contributed by atoms with Gasteiger partial charge in [-0.15, -0.1) is 5.92 Å². The van der Waals surface area contributed by atoms with Gasteiger partial charge in [0.1, 0.15) is 11.6 Å². The summed E-state index contributed by atoms with van der Waals surface area (Å²) in [4.78, 5) is 28.1. The first-order valence-corrected chi connectivity index (χ1v) is 8.27. The molecule has 0 aliphatic carbocycles. The third-order valence-electron chi connectivity index (χ3n) is 4.53. The smallest absolute Gasteiger partial charge is 0.136 e. The molecule has 4 nitrogen and oxygen atoms in total. The van der Waals surface area contributed by atoms with Crippen LogP contribution in [0.3, 0.4) is 0 Å². The SMILES string of the molecule is [CH2-]C(C)C(=O)CCN1CCN(CCC(=O)C(C)CC)CC1.[Y]. The molecular weight excluding hydrogens is 353 g/mol. The monoisotopic (exact) mass is 384 g/mol. The maximum atomic E-state index is 11.8. The number of nitrogens with zero attached hydrogens (tertiary/aromatic N) is 2. The minimum Gasteiger partial charge on any atom is -0.333 e. The first-order valence-electron chi connectivity index (χ1n) is 8.27. The summed E-state index contributed by atoms with van der Waals surface area (Å²) in [5, 5.41) is 0. The number of hydrogen-bond donors (Lipinski definition) is 0. The van der Waals surface area contributed by atoms with Crippen molar-refractivity contribution in [3.8, 4) is 0 Å². The summed E-state index contributed by atoms with van der Waals surface area (Å²) in [6.45, 7) is 15.4. The van der Waals surface area contributed by atoms with Crippen molar-refractivity contribution in [2.45, 2.75) is 40.0 Å². The Hall–Kier alpha value is 0.364. The van der Waals surface area contributed by atoms with Crippen LogP contribution < -0.4 is 0 Å². The Balaban J connectivity index is 0.00000441. The van der Waals surface area contributed by atoms with Gasteiger partial charge < -0.3 is 21.5 Å². The van der Waals surface area contributed by atoms with E-state index >= 15 is 0 Å². The number of carbonyl (C=O) groups is 2. The van der Waals surface area contributed by atoms with Crippen LogP contribution in [0.15, 0.2) is 0 Å². The molecule has 2 atom stereocenters. The predicted molar refractivity (Wildman–Crippen MR) is 86.1 cm³/mol. The third kappa shape index (κ3) is 8.28. The second-order valence-corrected chi connectivity index (χ2v) is 6.33. The minimum atomic E-state index is -0.0992. The standard InChI is InChI=1S/C17H31N2O2.Y/c1-5-15(4)17(21)7-9-19-12-10-18(11-13-19)8-6-16(20)14(2)3;/h14-15H,2,5-13H2,1,3-4H3;/q-1;. The van der Waals surface area contributed by atoms with Crippen molar-refractivity contribution in [1.29, 1.82) is 0 Å². The van der Waals surface area contributed by atoms with E-state index in [0.29, 0.717) is 18.6 Å². The zero-order valence-electron chi connectivity index (χ0n) is 14.5. The van der Waals surface area contributed by atoms with Crippen molar-refractivity contribution < 1.29 is 42.3 Å². The molecule has 1 heterocycles. The molecule has 0 spiro atoms. The molecule has 22 heavy (non-hydrogen) atoms. The Kier molecular flexibility index (Phi) is 12.0. The zero-order chi connectivity index (χ0) is 15.8. The van der Waals surface area contributed by atoms with Crippen molar-refractivity contribution in [2.24, 2.45) is 11.8 Å². The van der Waals surface area contributed by atoms with E-state index in [2.05, 4.69) is 23.6 Å². The Morgan fingerprint density at radius 3 is 1.73 bits per heavy atom. The largest absolute Gasteiger partial charge is 0.333 e. The molecule has 2 unspecified atom stereocenters. The van der Waals surface area contributed by atoms with Gasteiger partial charge in [-0.1, -0.05) is 20.8 Å². The molecule has 0 aromatic carbocycles. The molecule has 0 bridgehead atoms. The zero-order valence-corrected chi connectivity index (χ0v) is 17.4. The second-order valence-electron chi connectivity index (χ2n) is 6.33. The first kappa shape index (κ1) is 22.4. The van der Waals surface area contributed by atoms with Crippen molar-refractivity contribution in [3.05, 3.63) is 6.92 Å². The summed E-state index contributed by atoms with van der Waals surface area (Å²) in [5.41, 5.74) is 0. The Bertz CT molecular complexity index is 340. The summed E-state index contributed by atoms with van der Waals surface area (Å²) >= 11 is 0. The normalized spacial score (nSPS) is 19.3. The quantitative estimate of drug-likeness (QED) is 0.571. The van der Waals surface area contributed by atoms with Gasteiger partial charge in [0.05, 0.1) is 0 Å². The van der Waals surface area contributed by atoms with Gasteiger partial charge in [-0.2, -0.15) is 0 Å². The molecule has 1 radical (unpaired) electrons. The molecule has 0 aromatic rings. The van der Waals surface area contributed by atoms with Crippen LogP contribution in [-0.4, -0.2) is 60.6 Å². The number of ketones is 2. The first-order chi connectivity index (χ1) is 9.93. The van der Waals surface area contributed by atoms with E-state index in [9.17, 15) is 9.59 Å². The number of Topliss-reactive ketones (excluding diaryl/α,β-unsaturated/α-hetero) is 2. The van der Waals surface area contributed by atoms with E-state index < -0.39 is 0 Å². The molecular formula is C17H31N2O2Y-. The predicted octanol–water partition coefficient (Wildman–Crippen LogP) is 2.04. The molecule has 1 saturated heterocycles. The molecule has 0 N–H and O–H groups in total. The molecule has 0 amide bonds. The average molecular weight is 384 g/mol. The number of carbonyl (C=O) groups excluding carboxylic acids is 2. The maximum absolute atomic E-state index is 11.8. The van der Waals surface area contributed by atoms with Crippen LogP contribution in [0.2, 0.25) is 0 Å². The van der Waals surface area contributed by atoms with E-state index in [4.69, 9.17) is 0 Å². The van der Waals surface area contributed by atoms with Gasteiger partial charge in [-0.05, 0) is 6.42 Å². The summed E-state index contributed by atoms with van der Waals surface area (Å²) in [5.74, 6) is 0.728. The van der Waals surface area contributed by atoms with Crippen LogP contribution in [0, 0.1) is 18.8 Å². The van der Waals surface area contributed by atoms with Crippen molar-refractivity contribution in [1.82, 2.24) is 9.80 Å². The molecule has 0 aromatic heterocycles. The van der Waals surface area contributed by atoms with Crippen LogP contribution in [-0.2, 0) is 42.3 Å². The fraction of sp³-hybridized carbons (Fsp3) is 0.824. The molecule has 1 aliphatic rings. The maximum Gasteiger partial charge on any atom is 0.136 e. The molecule has 1 rings (SSSR count). The molecule has 5 heteroatoms. The van der Waals surface area contributed by atoms with Crippen LogP contribution in [0.5, 0.6) is 0 Å². The topological polar surface area (TPSA) is 40.6 Å². The molecule has 0 saturated carbocycles. The van der Waals surface area contributed by atoms with E-state index in [1.165, 1.54) is 0 Å². The van der Waals surface area contributed by atoms with Gasteiger partial charge in [0.25, 0.3) is 0 Å². The van der Waals surface area contributed by atoms with Gasteiger partial charge in [-0.25, -0.2) is 0 Å². The third-order valence-corrected chi connectivity index (χ3v) is 4.53. The van der Waals surface area contributed by atoms with Crippen LogP contribution in [0.4, 0.5) is 0 Å². The van der Waals surface area contributed by atoms with Gasteiger partial charge in [0.2, 0.25) is 0 Å². The molecule has 1 fully saturated rings. The Morgan fingerprint density at radius 1 is 0.955 bits per heavy atom. The van der Waals surface area contributed by atoms with Crippen LogP contribution in [0.1, 0.15) is 40.0 Å². The second kappa shape index (κ2) is 11.8. The van der Waals surface area contributed by atoms with Gasteiger partial charge >= 0.3 is 0 Å². The van der Waals surface area contributed by atoms with Gasteiger partial charge in [-0.3, -0.25) is 4.79 Å². The van der Waals surface area contributed by atoms with Gasteiger partial charge in [0.15, 0.2) is 0 Å². The van der Waals surface area contributed by atoms with E-state index in [0.717, 1.165) is 45.7 Å². The number of rotatable bonds is 9. The van der Waals surface area contributed by atoms with Crippen LogP contribution in [0.25, 0.3) is 0 Å². The van der Waals surface area contributed by atoms with Crippen LogP contribution >= 0.6 is 0 Å². The van der Waals surface area contributed by atoms with Crippen molar-refractivity contribution in [2.75, 3.05) is 39.3 Å². The van der Waals surface area contributed by atoms with E-state index in [1.807, 2.05) is 13.8 Å². The summed E-state index contributed by atoms with van der Waals surface area (Å²) in [7, 11) is 0. The van der Waals surface area contributed by atoms with Crippen molar-refractivity contribution in [3.63, 3.8) is 0 Å². The average Bonchev–Trinajstić information content (AvgIpc) is 2.50. The van der Waals surface area contributed by atoms with Crippen molar-refractivity contribution >= 4 is 11.6 Å².